The summed E-state index contributed by atoms with van der Waals surface area (Å²) in [6, 6.07) is 7.64. The molecule has 1 N–H and O–H groups in total. The summed E-state index contributed by atoms with van der Waals surface area (Å²) in [4.78, 5) is 10.9. The van der Waals surface area contributed by atoms with E-state index in [0.717, 1.165) is 22.3 Å². The molecule has 0 aliphatic rings. The van der Waals surface area contributed by atoms with Gasteiger partial charge in [0, 0.05) is 10.4 Å². The molecule has 0 radical (unpaired) electrons. The lowest BCUT2D eigenvalue weighted by Crippen LogP contribution is -2.30. The molecule has 1 amide bonds. The number of amides is 1. The maximum Gasteiger partial charge on any atom is 0.471 e. The van der Waals surface area contributed by atoms with Gasteiger partial charge in [-0.3, -0.25) is 4.79 Å². The molecule has 0 bridgehead atoms. The molecule has 0 aliphatic carbocycles. The highest BCUT2D eigenvalue weighted by Gasteiger charge is 2.39. The summed E-state index contributed by atoms with van der Waals surface area (Å²) in [7, 11) is -3.13. The number of methoxy groups -OCH3 is 1. The first-order chi connectivity index (χ1) is 13.4. The number of alkyl halides is 3. The highest BCUT2D eigenvalue weighted by atomic mass is 35.5. The van der Waals surface area contributed by atoms with Gasteiger partial charge in [0.25, 0.3) is 10.0 Å². The zero-order valence-corrected chi connectivity index (χ0v) is 16.5. The van der Waals surface area contributed by atoms with Gasteiger partial charge in [0.1, 0.15) is 5.75 Å². The number of nitrogens with one attached hydrogen (secondary N) is 1. The van der Waals surface area contributed by atoms with Crippen LogP contribution in [0.2, 0.25) is 5.02 Å². The van der Waals surface area contributed by atoms with Crippen molar-refractivity contribution in [2.75, 3.05) is 12.4 Å². The molecule has 154 valence electrons. The van der Waals surface area contributed by atoms with Gasteiger partial charge in [-0.25, -0.2) is 0 Å². The van der Waals surface area contributed by atoms with Crippen molar-refractivity contribution >= 4 is 44.1 Å². The van der Waals surface area contributed by atoms with Crippen LogP contribution in [-0.2, 0) is 14.8 Å². The Balaban J connectivity index is 2.13. The van der Waals surface area contributed by atoms with Crippen LogP contribution in [0, 0.1) is 6.92 Å². The van der Waals surface area contributed by atoms with E-state index >= 15 is 0 Å². The second-order valence-corrected chi connectivity index (χ2v) is 8.11. The molecule has 2 aromatic carbocycles. The number of rotatable bonds is 4. The molecule has 3 aromatic rings. The van der Waals surface area contributed by atoms with Gasteiger partial charge in [0.15, 0.2) is 0 Å². The van der Waals surface area contributed by atoms with Crippen LogP contribution >= 0.6 is 11.6 Å². The number of anilines is 1. The number of aryl methyl sites for hydroxylation is 1. The Morgan fingerprint density at radius 3 is 2.52 bits per heavy atom. The van der Waals surface area contributed by atoms with Crippen LogP contribution in [0.3, 0.4) is 0 Å². The zero-order chi connectivity index (χ0) is 21.6. The Kier molecular flexibility index (Phi) is 5.22. The van der Waals surface area contributed by atoms with Crippen molar-refractivity contribution in [2.24, 2.45) is 0 Å². The molecule has 12 heteroatoms. The molecule has 0 spiro atoms. The van der Waals surface area contributed by atoms with Crippen molar-refractivity contribution in [1.29, 1.82) is 0 Å². The molecular formula is C17H13ClF3N3O4S. The van der Waals surface area contributed by atoms with Gasteiger partial charge in [0.2, 0.25) is 0 Å². The van der Waals surface area contributed by atoms with Gasteiger partial charge in [-0.1, -0.05) is 11.6 Å². The van der Waals surface area contributed by atoms with E-state index in [9.17, 15) is 26.4 Å². The quantitative estimate of drug-likeness (QED) is 0.658. The number of benzene rings is 2. The van der Waals surface area contributed by atoms with E-state index in [1.807, 2.05) is 0 Å². The van der Waals surface area contributed by atoms with E-state index < -0.39 is 32.7 Å². The summed E-state index contributed by atoms with van der Waals surface area (Å²) in [5, 5.41) is 6.53. The molecule has 0 unspecified atom stereocenters. The first kappa shape index (κ1) is 20.9. The molecule has 0 fully saturated rings. The van der Waals surface area contributed by atoms with Gasteiger partial charge in [-0.15, -0.1) is 0 Å². The Bertz CT molecular complexity index is 1220. The molecule has 0 atom stereocenters. The Morgan fingerprint density at radius 1 is 1.21 bits per heavy atom. The topological polar surface area (TPSA) is 90.3 Å². The van der Waals surface area contributed by atoms with Gasteiger partial charge in [-0.05, 0) is 43.3 Å². The standard InChI is InChI=1S/C17H13ClF3N3O4S/c1-9-12-7-10(18)3-5-14(12)24(23-9)29(26,27)11-4-6-15(28-2)13(8-11)22-16(25)17(19,20)21/h3-8H,1-2H3,(H,22,25). The Hall–Kier alpha value is -2.79. The van der Waals surface area contributed by atoms with Gasteiger partial charge < -0.3 is 10.1 Å². The van der Waals surface area contributed by atoms with Crippen LogP contribution in [0.1, 0.15) is 5.69 Å². The highest BCUT2D eigenvalue weighted by Crippen LogP contribution is 2.31. The van der Waals surface area contributed by atoms with Gasteiger partial charge >= 0.3 is 12.1 Å². The predicted octanol–water partition coefficient (Wildman–Crippen LogP) is 3.74. The van der Waals surface area contributed by atoms with E-state index in [2.05, 4.69) is 5.10 Å². The Labute approximate surface area is 168 Å². The average Bonchev–Trinajstić information content (AvgIpc) is 2.97. The van der Waals surface area contributed by atoms with Crippen molar-refractivity contribution in [3.63, 3.8) is 0 Å². The number of carbonyl (C=O) groups is 1. The molecule has 1 aromatic heterocycles. The largest absolute Gasteiger partial charge is 0.495 e. The third-order valence-electron chi connectivity index (χ3n) is 4.00. The summed E-state index contributed by atoms with van der Waals surface area (Å²) in [5.74, 6) is -2.41. The number of fused-ring (bicyclic) bond motifs is 1. The smallest absolute Gasteiger partial charge is 0.471 e. The van der Waals surface area contributed by atoms with E-state index in [1.54, 1.807) is 18.3 Å². The SMILES string of the molecule is COc1ccc(S(=O)(=O)n2nc(C)c3cc(Cl)ccc32)cc1NC(=O)C(F)(F)F. The normalized spacial score (nSPS) is 12.2. The first-order valence-electron chi connectivity index (χ1n) is 7.92. The van der Waals surface area contributed by atoms with E-state index in [4.69, 9.17) is 16.3 Å². The minimum absolute atomic E-state index is 0.144. The van der Waals surface area contributed by atoms with Gasteiger partial charge in [-0.2, -0.15) is 30.8 Å². The van der Waals surface area contributed by atoms with E-state index in [1.165, 1.54) is 19.2 Å². The predicted molar refractivity (Wildman–Crippen MR) is 99.7 cm³/mol. The van der Waals surface area contributed by atoms with Gasteiger partial charge in [0.05, 0.1) is 28.9 Å². The molecular weight excluding hydrogens is 435 g/mol. The van der Waals surface area contributed by atoms with Crippen LogP contribution in [-0.4, -0.2) is 36.8 Å². The molecule has 0 aliphatic heterocycles. The lowest BCUT2D eigenvalue weighted by molar-refractivity contribution is -0.167. The summed E-state index contributed by atoms with van der Waals surface area (Å²) in [6.07, 6.45) is -5.16. The maximum atomic E-state index is 13.1. The Morgan fingerprint density at radius 2 is 1.90 bits per heavy atom. The van der Waals surface area contributed by atoms with E-state index in [-0.39, 0.29) is 11.3 Å². The lowest BCUT2D eigenvalue weighted by Gasteiger charge is -2.13. The zero-order valence-electron chi connectivity index (χ0n) is 14.9. The monoisotopic (exact) mass is 447 g/mol. The molecule has 0 saturated heterocycles. The fourth-order valence-corrected chi connectivity index (χ4v) is 4.16. The molecule has 29 heavy (non-hydrogen) atoms. The fourth-order valence-electron chi connectivity index (χ4n) is 2.63. The minimum atomic E-state index is -5.16. The fraction of sp³-hybridized carbons (Fsp3) is 0.176. The number of nitrogens with zero attached hydrogens (tertiary/aromatic N) is 2. The first-order valence-corrected chi connectivity index (χ1v) is 9.73. The summed E-state index contributed by atoms with van der Waals surface area (Å²) in [5.41, 5.74) is 0.181. The van der Waals surface area contributed by atoms with Crippen LogP contribution in [0.5, 0.6) is 5.75 Å². The molecule has 3 rings (SSSR count). The summed E-state index contributed by atoms with van der Waals surface area (Å²) < 4.78 is 69.6. The third kappa shape index (κ3) is 3.87. The number of carbonyl (C=O) groups excluding carboxylic acids is 1. The number of ether oxygens (including phenoxy) is 1. The maximum absolute atomic E-state index is 13.1. The second kappa shape index (κ2) is 7.23. The molecule has 7 nitrogen and oxygen atoms in total. The number of aromatic nitrogens is 2. The van der Waals surface area contributed by atoms with Crippen LogP contribution in [0.15, 0.2) is 41.3 Å². The number of hydrogen-bond donors (Lipinski definition) is 1. The minimum Gasteiger partial charge on any atom is -0.495 e. The van der Waals surface area contributed by atoms with Crippen molar-refractivity contribution in [1.82, 2.24) is 9.19 Å². The average molecular weight is 448 g/mol. The van der Waals surface area contributed by atoms with Crippen molar-refractivity contribution in [3.8, 4) is 5.75 Å². The van der Waals surface area contributed by atoms with Crippen molar-refractivity contribution < 1.29 is 31.1 Å². The lowest BCUT2D eigenvalue weighted by atomic mass is 10.2. The van der Waals surface area contributed by atoms with E-state index in [0.29, 0.717) is 16.1 Å². The third-order valence-corrected chi connectivity index (χ3v) is 5.82. The van der Waals surface area contributed by atoms with Crippen molar-refractivity contribution in [2.45, 2.75) is 18.0 Å². The number of hydrogen-bond acceptors (Lipinski definition) is 5. The van der Waals surface area contributed by atoms with Crippen LogP contribution in [0.25, 0.3) is 10.9 Å². The molecule has 0 saturated carbocycles. The van der Waals surface area contributed by atoms with Crippen LogP contribution < -0.4 is 10.1 Å². The van der Waals surface area contributed by atoms with Crippen molar-refractivity contribution in [3.05, 3.63) is 47.1 Å². The second-order valence-electron chi connectivity index (χ2n) is 5.91. The van der Waals surface area contributed by atoms with Crippen LogP contribution in [0.4, 0.5) is 18.9 Å². The molecule has 1 heterocycles. The number of halogens is 4. The summed E-state index contributed by atoms with van der Waals surface area (Å²) in [6.45, 7) is 1.59. The highest BCUT2D eigenvalue weighted by molar-refractivity contribution is 7.90. The summed E-state index contributed by atoms with van der Waals surface area (Å²) >= 11 is 5.94.